The van der Waals surface area contributed by atoms with Crippen LogP contribution in [0, 0.1) is 6.92 Å². The van der Waals surface area contributed by atoms with Crippen LogP contribution in [-0.2, 0) is 11.2 Å². The smallest absolute Gasteiger partial charge is 0.228 e. The van der Waals surface area contributed by atoms with Crippen LogP contribution >= 0.6 is 0 Å². The number of amides is 1. The summed E-state index contributed by atoms with van der Waals surface area (Å²) >= 11 is 0. The number of anilines is 2. The van der Waals surface area contributed by atoms with Gasteiger partial charge in [-0.2, -0.15) is 0 Å². The molecule has 0 unspecified atom stereocenters. The molecule has 0 aromatic heterocycles. The molecule has 4 nitrogen and oxygen atoms in total. The zero-order valence-electron chi connectivity index (χ0n) is 10.7. The van der Waals surface area contributed by atoms with Crippen molar-refractivity contribution >= 4 is 17.3 Å². The number of aromatic hydroxyl groups is 1. The molecule has 0 atom stereocenters. The van der Waals surface area contributed by atoms with Crippen LogP contribution in [-0.4, -0.2) is 11.0 Å². The molecule has 0 fully saturated rings. The quantitative estimate of drug-likeness (QED) is 0.583. The fourth-order valence-corrected chi connectivity index (χ4v) is 1.83. The lowest BCUT2D eigenvalue weighted by molar-refractivity contribution is -0.115. The standard InChI is InChI=1S/C15H16N2O2/c1-10-4-2-3-5-14(10)17-15(19)9-11-8-12(18)6-7-13(11)16/h2-8,18H,9,16H2,1H3,(H,17,19). The van der Waals surface area contributed by atoms with E-state index in [2.05, 4.69) is 5.32 Å². The molecule has 0 spiro atoms. The molecule has 1 amide bonds. The summed E-state index contributed by atoms with van der Waals surface area (Å²) in [6, 6.07) is 12.2. The third kappa shape index (κ3) is 3.25. The summed E-state index contributed by atoms with van der Waals surface area (Å²) in [5, 5.41) is 12.2. The molecular formula is C15H16N2O2. The lowest BCUT2D eigenvalue weighted by Gasteiger charge is -2.09. The van der Waals surface area contributed by atoms with Crippen LogP contribution in [0.4, 0.5) is 11.4 Å². The molecule has 4 N–H and O–H groups in total. The molecule has 0 heterocycles. The van der Waals surface area contributed by atoms with Crippen LogP contribution in [0.5, 0.6) is 5.75 Å². The number of nitrogen functional groups attached to an aromatic ring is 1. The first-order valence-electron chi connectivity index (χ1n) is 5.99. The number of aryl methyl sites for hydroxylation is 1. The summed E-state index contributed by atoms with van der Waals surface area (Å²) in [5.74, 6) is -0.0560. The predicted octanol–water partition coefficient (Wildman–Crippen LogP) is 2.46. The van der Waals surface area contributed by atoms with Gasteiger partial charge in [0.25, 0.3) is 0 Å². The van der Waals surface area contributed by atoms with Gasteiger partial charge in [0, 0.05) is 11.4 Å². The van der Waals surface area contributed by atoms with Crippen molar-refractivity contribution in [2.24, 2.45) is 0 Å². The summed E-state index contributed by atoms with van der Waals surface area (Å²) in [4.78, 5) is 11.9. The van der Waals surface area contributed by atoms with E-state index in [0.29, 0.717) is 11.3 Å². The summed E-state index contributed by atoms with van der Waals surface area (Å²) < 4.78 is 0. The minimum atomic E-state index is -0.161. The number of phenolic OH excluding ortho intramolecular Hbond substituents is 1. The van der Waals surface area contributed by atoms with Crippen molar-refractivity contribution in [1.82, 2.24) is 0 Å². The molecule has 4 heteroatoms. The van der Waals surface area contributed by atoms with Crippen LogP contribution in [0.25, 0.3) is 0 Å². The Morgan fingerprint density at radius 3 is 2.74 bits per heavy atom. The van der Waals surface area contributed by atoms with Crippen LogP contribution in [0.3, 0.4) is 0 Å². The second-order valence-corrected chi connectivity index (χ2v) is 4.42. The van der Waals surface area contributed by atoms with E-state index in [0.717, 1.165) is 11.3 Å². The summed E-state index contributed by atoms with van der Waals surface area (Å²) in [6.07, 6.45) is 0.133. The fraction of sp³-hybridized carbons (Fsp3) is 0.133. The van der Waals surface area contributed by atoms with Crippen molar-refractivity contribution in [3.63, 3.8) is 0 Å². The Hall–Kier alpha value is -2.49. The van der Waals surface area contributed by atoms with E-state index in [1.807, 2.05) is 31.2 Å². The van der Waals surface area contributed by atoms with Crippen molar-refractivity contribution in [2.75, 3.05) is 11.1 Å². The first-order chi connectivity index (χ1) is 9.06. The van der Waals surface area contributed by atoms with Crippen molar-refractivity contribution in [1.29, 1.82) is 0 Å². The van der Waals surface area contributed by atoms with Gasteiger partial charge in [-0.3, -0.25) is 4.79 Å². The molecule has 0 saturated heterocycles. The van der Waals surface area contributed by atoms with Crippen molar-refractivity contribution in [3.05, 3.63) is 53.6 Å². The zero-order valence-corrected chi connectivity index (χ0v) is 10.7. The highest BCUT2D eigenvalue weighted by molar-refractivity contribution is 5.93. The van der Waals surface area contributed by atoms with E-state index >= 15 is 0 Å². The Morgan fingerprint density at radius 2 is 2.00 bits per heavy atom. The van der Waals surface area contributed by atoms with Crippen molar-refractivity contribution in [2.45, 2.75) is 13.3 Å². The third-order valence-corrected chi connectivity index (χ3v) is 2.90. The van der Waals surface area contributed by atoms with E-state index < -0.39 is 0 Å². The Bertz CT molecular complexity index is 609. The molecule has 2 aromatic rings. The number of hydrogen-bond donors (Lipinski definition) is 3. The molecule has 19 heavy (non-hydrogen) atoms. The van der Waals surface area contributed by atoms with E-state index in [4.69, 9.17) is 5.73 Å². The monoisotopic (exact) mass is 256 g/mol. The summed E-state index contributed by atoms with van der Waals surface area (Å²) in [7, 11) is 0. The Morgan fingerprint density at radius 1 is 1.26 bits per heavy atom. The topological polar surface area (TPSA) is 75.3 Å². The molecule has 0 bridgehead atoms. The van der Waals surface area contributed by atoms with Gasteiger partial charge in [-0.1, -0.05) is 18.2 Å². The minimum Gasteiger partial charge on any atom is -0.508 e. The molecule has 0 aliphatic carbocycles. The van der Waals surface area contributed by atoms with Gasteiger partial charge in [-0.05, 0) is 42.3 Å². The maximum atomic E-state index is 11.9. The highest BCUT2D eigenvalue weighted by Crippen LogP contribution is 2.20. The van der Waals surface area contributed by atoms with Gasteiger partial charge in [-0.25, -0.2) is 0 Å². The minimum absolute atomic E-state index is 0.105. The first-order valence-corrected chi connectivity index (χ1v) is 5.99. The van der Waals surface area contributed by atoms with E-state index in [-0.39, 0.29) is 18.1 Å². The van der Waals surface area contributed by atoms with Crippen molar-refractivity contribution in [3.8, 4) is 5.75 Å². The van der Waals surface area contributed by atoms with Crippen molar-refractivity contribution < 1.29 is 9.90 Å². The van der Waals surface area contributed by atoms with E-state index in [1.165, 1.54) is 12.1 Å². The number of benzene rings is 2. The third-order valence-electron chi connectivity index (χ3n) is 2.90. The Labute approximate surface area is 111 Å². The number of para-hydroxylation sites is 1. The van der Waals surface area contributed by atoms with Crippen LogP contribution in [0.1, 0.15) is 11.1 Å². The molecule has 2 rings (SSSR count). The van der Waals surface area contributed by atoms with Gasteiger partial charge in [0.15, 0.2) is 0 Å². The molecular weight excluding hydrogens is 240 g/mol. The van der Waals surface area contributed by atoms with Gasteiger partial charge in [0.2, 0.25) is 5.91 Å². The second-order valence-electron chi connectivity index (χ2n) is 4.42. The number of nitrogens with one attached hydrogen (secondary N) is 1. The SMILES string of the molecule is Cc1ccccc1NC(=O)Cc1cc(O)ccc1N. The maximum Gasteiger partial charge on any atom is 0.228 e. The second kappa shape index (κ2) is 5.44. The van der Waals surface area contributed by atoms with E-state index in [9.17, 15) is 9.90 Å². The molecule has 0 aliphatic rings. The average Bonchev–Trinajstić information content (AvgIpc) is 2.37. The Balaban J connectivity index is 2.10. The van der Waals surface area contributed by atoms with Crippen LogP contribution < -0.4 is 11.1 Å². The first kappa shape index (κ1) is 13.0. The molecule has 98 valence electrons. The number of phenols is 1. The number of nitrogens with two attached hydrogens (primary N) is 1. The lowest BCUT2D eigenvalue weighted by atomic mass is 10.1. The van der Waals surface area contributed by atoms with Crippen LogP contribution in [0.15, 0.2) is 42.5 Å². The average molecular weight is 256 g/mol. The summed E-state index contributed by atoms with van der Waals surface area (Å²) in [6.45, 7) is 1.93. The van der Waals surface area contributed by atoms with Gasteiger partial charge in [0.05, 0.1) is 6.42 Å². The van der Waals surface area contributed by atoms with Gasteiger partial charge < -0.3 is 16.2 Å². The predicted molar refractivity (Wildman–Crippen MR) is 76.0 cm³/mol. The Kier molecular flexibility index (Phi) is 3.71. The number of hydrogen-bond acceptors (Lipinski definition) is 3. The lowest BCUT2D eigenvalue weighted by Crippen LogP contribution is -2.15. The van der Waals surface area contributed by atoms with E-state index in [1.54, 1.807) is 6.07 Å². The largest absolute Gasteiger partial charge is 0.508 e. The van der Waals surface area contributed by atoms with Crippen LogP contribution in [0.2, 0.25) is 0 Å². The molecule has 0 saturated carbocycles. The highest BCUT2D eigenvalue weighted by atomic mass is 16.3. The number of rotatable bonds is 3. The fourth-order valence-electron chi connectivity index (χ4n) is 1.83. The normalized spacial score (nSPS) is 10.2. The van der Waals surface area contributed by atoms with Gasteiger partial charge in [-0.15, -0.1) is 0 Å². The maximum absolute atomic E-state index is 11.9. The molecule has 0 radical (unpaired) electrons. The molecule has 2 aromatic carbocycles. The zero-order chi connectivity index (χ0) is 13.8. The highest BCUT2D eigenvalue weighted by Gasteiger charge is 2.08. The number of carbonyl (C=O) groups excluding carboxylic acids is 1. The van der Waals surface area contributed by atoms with Gasteiger partial charge >= 0.3 is 0 Å². The summed E-state index contributed by atoms with van der Waals surface area (Å²) in [5.41, 5.74) is 8.67. The van der Waals surface area contributed by atoms with Gasteiger partial charge in [0.1, 0.15) is 5.75 Å². The molecule has 0 aliphatic heterocycles. The number of carbonyl (C=O) groups is 1.